The van der Waals surface area contributed by atoms with E-state index in [0.29, 0.717) is 13.0 Å². The second kappa shape index (κ2) is 3.77. The fourth-order valence-electron chi connectivity index (χ4n) is 2.41. The molecule has 2 aliphatic rings. The number of fused-ring (bicyclic) bond motifs is 2. The van der Waals surface area contributed by atoms with Crippen LogP contribution >= 0.6 is 0 Å². The summed E-state index contributed by atoms with van der Waals surface area (Å²) in [7, 11) is 2.97. The summed E-state index contributed by atoms with van der Waals surface area (Å²) in [5.41, 5.74) is 0. The minimum Gasteiger partial charge on any atom is -0.453 e. The van der Waals surface area contributed by atoms with Crippen LogP contribution in [0.5, 0.6) is 0 Å². The standard InChI is InChI=1S/C10H14N2O4/c1-11-5-6-3-7(13)4-8(9(11)14)12(6)10(15)16-2/h6,8H,3-5H2,1-2H3. The highest BCUT2D eigenvalue weighted by molar-refractivity contribution is 5.95. The molecule has 2 fully saturated rings. The summed E-state index contributed by atoms with van der Waals surface area (Å²) in [4.78, 5) is 37.8. The number of rotatable bonds is 0. The molecule has 2 rings (SSSR count). The van der Waals surface area contributed by atoms with Crippen molar-refractivity contribution in [1.29, 1.82) is 0 Å². The zero-order chi connectivity index (χ0) is 11.9. The Kier molecular flexibility index (Phi) is 2.57. The molecule has 2 amide bonds. The number of likely N-dealkylation sites (tertiary alicyclic amines) is 1. The Morgan fingerprint density at radius 3 is 2.69 bits per heavy atom. The summed E-state index contributed by atoms with van der Waals surface area (Å²) in [5.74, 6) is -0.147. The molecule has 88 valence electrons. The van der Waals surface area contributed by atoms with Gasteiger partial charge in [-0.15, -0.1) is 0 Å². The number of piperazine rings is 1. The second-order valence-electron chi connectivity index (χ2n) is 4.21. The highest BCUT2D eigenvalue weighted by Gasteiger charge is 2.47. The summed E-state index contributed by atoms with van der Waals surface area (Å²) < 4.78 is 4.65. The minimum atomic E-state index is -0.669. The number of carbonyl (C=O) groups excluding carboxylic acids is 3. The quantitative estimate of drug-likeness (QED) is 0.565. The third-order valence-electron chi connectivity index (χ3n) is 3.14. The van der Waals surface area contributed by atoms with Crippen LogP contribution in [0.15, 0.2) is 0 Å². The fourth-order valence-corrected chi connectivity index (χ4v) is 2.41. The predicted molar refractivity (Wildman–Crippen MR) is 53.7 cm³/mol. The maximum Gasteiger partial charge on any atom is 0.410 e. The number of ether oxygens (including phenoxy) is 1. The number of ketones is 1. The van der Waals surface area contributed by atoms with Crippen LogP contribution in [-0.4, -0.2) is 60.4 Å². The van der Waals surface area contributed by atoms with E-state index in [-0.39, 0.29) is 24.2 Å². The third kappa shape index (κ3) is 1.54. The van der Waals surface area contributed by atoms with Crippen molar-refractivity contribution >= 4 is 17.8 Å². The highest BCUT2D eigenvalue weighted by atomic mass is 16.5. The van der Waals surface area contributed by atoms with Crippen molar-refractivity contribution in [2.75, 3.05) is 20.7 Å². The molecule has 0 aromatic rings. The van der Waals surface area contributed by atoms with Gasteiger partial charge in [-0.1, -0.05) is 0 Å². The lowest BCUT2D eigenvalue weighted by Gasteiger charge is -2.46. The normalized spacial score (nSPS) is 29.4. The number of amides is 2. The van der Waals surface area contributed by atoms with Gasteiger partial charge in [0.15, 0.2) is 0 Å². The van der Waals surface area contributed by atoms with Crippen LogP contribution < -0.4 is 0 Å². The summed E-state index contributed by atoms with van der Waals surface area (Å²) in [6.07, 6.45) is -0.109. The number of methoxy groups -OCH3 is 1. The molecule has 2 bridgehead atoms. The molecule has 0 radical (unpaired) electrons. The van der Waals surface area contributed by atoms with Gasteiger partial charge in [-0.2, -0.15) is 0 Å². The summed E-state index contributed by atoms with van der Waals surface area (Å²) in [6, 6.07) is -0.904. The Bertz CT molecular complexity index is 355. The average molecular weight is 226 g/mol. The van der Waals surface area contributed by atoms with Crippen molar-refractivity contribution in [3.8, 4) is 0 Å². The number of hydrogen-bond acceptors (Lipinski definition) is 4. The van der Waals surface area contributed by atoms with Gasteiger partial charge in [0.25, 0.3) is 0 Å². The maximum absolute atomic E-state index is 11.8. The molecule has 0 aromatic carbocycles. The van der Waals surface area contributed by atoms with Crippen molar-refractivity contribution in [3.63, 3.8) is 0 Å². The van der Waals surface area contributed by atoms with E-state index in [2.05, 4.69) is 4.74 Å². The van der Waals surface area contributed by atoms with E-state index in [0.717, 1.165) is 0 Å². The zero-order valence-electron chi connectivity index (χ0n) is 9.30. The average Bonchev–Trinajstić information content (AvgIpc) is 2.24. The first-order valence-electron chi connectivity index (χ1n) is 5.17. The van der Waals surface area contributed by atoms with Crippen LogP contribution in [0.4, 0.5) is 4.79 Å². The van der Waals surface area contributed by atoms with Crippen molar-refractivity contribution in [1.82, 2.24) is 9.80 Å². The lowest BCUT2D eigenvalue weighted by Crippen LogP contribution is -2.65. The molecule has 0 N–H and O–H groups in total. The topological polar surface area (TPSA) is 66.9 Å². The minimum absolute atomic E-state index is 0.0385. The first kappa shape index (κ1) is 10.9. The van der Waals surface area contributed by atoms with Crippen LogP contribution in [0.1, 0.15) is 12.8 Å². The monoisotopic (exact) mass is 226 g/mol. The molecule has 2 saturated heterocycles. The molecule has 6 nitrogen and oxygen atoms in total. The Morgan fingerprint density at radius 2 is 2.06 bits per heavy atom. The van der Waals surface area contributed by atoms with E-state index in [1.807, 2.05) is 0 Å². The van der Waals surface area contributed by atoms with Gasteiger partial charge in [-0.05, 0) is 0 Å². The van der Waals surface area contributed by atoms with E-state index in [1.165, 1.54) is 12.0 Å². The molecule has 2 heterocycles. The van der Waals surface area contributed by atoms with Crippen molar-refractivity contribution in [3.05, 3.63) is 0 Å². The molecule has 2 atom stereocenters. The molecule has 2 unspecified atom stereocenters. The SMILES string of the molecule is COC(=O)N1C2CC(=O)CC1C(=O)N(C)C2. The molecule has 0 spiro atoms. The number of piperidine rings is 1. The lowest BCUT2D eigenvalue weighted by molar-refractivity contribution is -0.149. The molecular formula is C10H14N2O4. The number of likely N-dealkylation sites (N-methyl/N-ethyl adjacent to an activating group) is 1. The van der Waals surface area contributed by atoms with Crippen LogP contribution in [-0.2, 0) is 14.3 Å². The Hall–Kier alpha value is -1.59. The molecular weight excluding hydrogens is 212 g/mol. The first-order chi connectivity index (χ1) is 7.54. The van der Waals surface area contributed by atoms with Gasteiger partial charge in [-0.25, -0.2) is 4.79 Å². The van der Waals surface area contributed by atoms with E-state index in [9.17, 15) is 14.4 Å². The van der Waals surface area contributed by atoms with E-state index in [1.54, 1.807) is 11.9 Å². The smallest absolute Gasteiger partial charge is 0.410 e. The predicted octanol–water partition coefficient (Wildman–Crippen LogP) is -0.373. The van der Waals surface area contributed by atoms with Gasteiger partial charge in [0.2, 0.25) is 5.91 Å². The van der Waals surface area contributed by atoms with Crippen molar-refractivity contribution in [2.45, 2.75) is 24.9 Å². The molecule has 0 aromatic heterocycles. The lowest BCUT2D eigenvalue weighted by atomic mass is 9.90. The molecule has 6 heteroatoms. The molecule has 0 saturated carbocycles. The van der Waals surface area contributed by atoms with Gasteiger partial charge in [0, 0.05) is 26.4 Å². The van der Waals surface area contributed by atoms with Gasteiger partial charge >= 0.3 is 6.09 Å². The second-order valence-corrected chi connectivity index (χ2v) is 4.21. The Balaban J connectivity index is 2.29. The summed E-state index contributed by atoms with van der Waals surface area (Å²) >= 11 is 0. The van der Waals surface area contributed by atoms with Crippen LogP contribution in [0, 0.1) is 0 Å². The van der Waals surface area contributed by atoms with Gasteiger partial charge in [-0.3, -0.25) is 14.5 Å². The number of Topliss-reactive ketones (excluding diaryl/α,β-unsaturated/α-hetero) is 1. The number of nitrogens with zero attached hydrogens (tertiary/aromatic N) is 2. The number of hydrogen-bond donors (Lipinski definition) is 0. The van der Waals surface area contributed by atoms with Gasteiger partial charge in [0.1, 0.15) is 11.8 Å². The Labute approximate surface area is 93.1 Å². The molecule has 0 aliphatic carbocycles. The zero-order valence-corrected chi connectivity index (χ0v) is 9.30. The third-order valence-corrected chi connectivity index (χ3v) is 3.14. The van der Waals surface area contributed by atoms with Gasteiger partial charge < -0.3 is 9.64 Å². The van der Waals surface area contributed by atoms with Crippen LogP contribution in [0.25, 0.3) is 0 Å². The van der Waals surface area contributed by atoms with Crippen LogP contribution in [0.2, 0.25) is 0 Å². The number of carbonyl (C=O) groups is 3. The first-order valence-corrected chi connectivity index (χ1v) is 5.17. The molecule has 16 heavy (non-hydrogen) atoms. The molecule has 2 aliphatic heterocycles. The van der Waals surface area contributed by atoms with Crippen molar-refractivity contribution < 1.29 is 19.1 Å². The van der Waals surface area contributed by atoms with Gasteiger partial charge in [0.05, 0.1) is 13.2 Å². The van der Waals surface area contributed by atoms with E-state index >= 15 is 0 Å². The van der Waals surface area contributed by atoms with Crippen molar-refractivity contribution in [2.24, 2.45) is 0 Å². The van der Waals surface area contributed by atoms with E-state index < -0.39 is 12.1 Å². The van der Waals surface area contributed by atoms with Crippen LogP contribution in [0.3, 0.4) is 0 Å². The van der Waals surface area contributed by atoms with E-state index in [4.69, 9.17) is 0 Å². The summed E-state index contributed by atoms with van der Waals surface area (Å²) in [5, 5.41) is 0. The highest BCUT2D eigenvalue weighted by Crippen LogP contribution is 2.27. The fraction of sp³-hybridized carbons (Fsp3) is 0.700. The maximum atomic E-state index is 11.8. The summed E-state index contributed by atoms with van der Waals surface area (Å²) in [6.45, 7) is 0.399. The Morgan fingerprint density at radius 1 is 1.38 bits per heavy atom. The largest absolute Gasteiger partial charge is 0.453 e.